The van der Waals surface area contributed by atoms with E-state index in [1.165, 1.54) is 4.57 Å². The number of hydrogen-bond donors (Lipinski definition) is 2. The third-order valence-electron chi connectivity index (χ3n) is 2.97. The van der Waals surface area contributed by atoms with Crippen molar-refractivity contribution in [1.82, 2.24) is 19.1 Å². The normalized spacial score (nSPS) is 11.6. The van der Waals surface area contributed by atoms with Crippen molar-refractivity contribution in [2.24, 2.45) is 13.0 Å². The van der Waals surface area contributed by atoms with Crippen LogP contribution in [0.4, 0.5) is 0 Å². The molecular formula is C11H16N4O2S. The summed E-state index contributed by atoms with van der Waals surface area (Å²) in [5.41, 5.74) is 0.0595. The Labute approximate surface area is 108 Å². The van der Waals surface area contributed by atoms with Crippen molar-refractivity contribution < 1.29 is 0 Å². The van der Waals surface area contributed by atoms with Gasteiger partial charge in [0, 0.05) is 13.6 Å². The van der Waals surface area contributed by atoms with Crippen LogP contribution >= 0.6 is 12.2 Å². The van der Waals surface area contributed by atoms with Gasteiger partial charge in [0.1, 0.15) is 5.65 Å². The number of aryl methyl sites for hydroxylation is 2. The largest absolute Gasteiger partial charge is 0.329 e. The summed E-state index contributed by atoms with van der Waals surface area (Å²) in [6, 6.07) is 0. The van der Waals surface area contributed by atoms with E-state index < -0.39 is 11.2 Å². The summed E-state index contributed by atoms with van der Waals surface area (Å²) in [5, 5.41) is 0. The lowest BCUT2D eigenvalue weighted by atomic mass is 10.1. The van der Waals surface area contributed by atoms with Crippen molar-refractivity contribution in [3.63, 3.8) is 0 Å². The summed E-state index contributed by atoms with van der Waals surface area (Å²) in [6.07, 6.45) is 0.920. The first-order chi connectivity index (χ1) is 8.41. The van der Waals surface area contributed by atoms with Gasteiger partial charge in [-0.25, -0.2) is 4.79 Å². The Morgan fingerprint density at radius 2 is 1.94 bits per heavy atom. The lowest BCUT2D eigenvalue weighted by molar-refractivity contribution is 0.519. The van der Waals surface area contributed by atoms with Gasteiger partial charge in [-0.2, -0.15) is 0 Å². The zero-order valence-corrected chi connectivity index (χ0v) is 11.4. The number of aromatic nitrogens is 4. The van der Waals surface area contributed by atoms with Crippen molar-refractivity contribution in [3.8, 4) is 0 Å². The van der Waals surface area contributed by atoms with Crippen LogP contribution in [-0.2, 0) is 13.6 Å². The lowest BCUT2D eigenvalue weighted by Crippen LogP contribution is -2.29. The Bertz CT molecular complexity index is 747. The first-order valence-electron chi connectivity index (χ1n) is 5.83. The fourth-order valence-electron chi connectivity index (χ4n) is 1.87. The highest BCUT2D eigenvalue weighted by molar-refractivity contribution is 7.71. The monoisotopic (exact) mass is 268 g/mol. The molecule has 2 N–H and O–H groups in total. The zero-order valence-electron chi connectivity index (χ0n) is 10.6. The van der Waals surface area contributed by atoms with E-state index in [9.17, 15) is 9.59 Å². The smallest absolute Gasteiger partial charge is 0.316 e. The maximum absolute atomic E-state index is 11.9. The second-order valence-corrected chi connectivity index (χ2v) is 5.17. The zero-order chi connectivity index (χ0) is 13.4. The van der Waals surface area contributed by atoms with E-state index in [0.717, 1.165) is 6.42 Å². The molecule has 0 saturated heterocycles. The first kappa shape index (κ1) is 12.8. The van der Waals surface area contributed by atoms with Crippen LogP contribution in [0.2, 0.25) is 0 Å². The number of H-pyrrole nitrogens is 2. The van der Waals surface area contributed by atoms with Crippen LogP contribution < -0.4 is 11.2 Å². The Morgan fingerprint density at radius 1 is 1.28 bits per heavy atom. The molecule has 0 saturated carbocycles. The first-order valence-corrected chi connectivity index (χ1v) is 6.24. The number of aromatic amines is 2. The molecule has 0 fully saturated rings. The van der Waals surface area contributed by atoms with E-state index >= 15 is 0 Å². The molecule has 0 atom stereocenters. The molecule has 0 aliphatic rings. The van der Waals surface area contributed by atoms with Crippen molar-refractivity contribution in [2.75, 3.05) is 0 Å². The molecule has 0 aliphatic carbocycles. The molecule has 2 aromatic rings. The molecule has 6 nitrogen and oxygen atoms in total. The van der Waals surface area contributed by atoms with Gasteiger partial charge in [-0.05, 0) is 24.6 Å². The van der Waals surface area contributed by atoms with E-state index in [-0.39, 0.29) is 0 Å². The Hall–Kier alpha value is -1.63. The summed E-state index contributed by atoms with van der Waals surface area (Å²) in [5.74, 6) is 0.517. The summed E-state index contributed by atoms with van der Waals surface area (Å²) in [7, 11) is 1.60. The summed E-state index contributed by atoms with van der Waals surface area (Å²) in [6.45, 7) is 4.88. The Morgan fingerprint density at radius 3 is 2.56 bits per heavy atom. The highest BCUT2D eigenvalue weighted by Gasteiger charge is 2.12. The van der Waals surface area contributed by atoms with Gasteiger partial charge in [0.05, 0.1) is 0 Å². The predicted octanol–water partition coefficient (Wildman–Crippen LogP) is 1.13. The highest BCUT2D eigenvalue weighted by atomic mass is 32.1. The number of fused-ring (bicyclic) bond motifs is 1. The molecule has 0 radical (unpaired) electrons. The molecule has 0 bridgehead atoms. The second-order valence-electron chi connectivity index (χ2n) is 4.78. The quantitative estimate of drug-likeness (QED) is 0.819. The summed E-state index contributed by atoms with van der Waals surface area (Å²) >= 11 is 5.21. The molecule has 98 valence electrons. The van der Waals surface area contributed by atoms with Gasteiger partial charge in [-0.3, -0.25) is 14.3 Å². The SMILES string of the molecule is CC(C)CCn1c(=S)[nH]c2c1c(=O)[nH]c(=O)n2C. The van der Waals surface area contributed by atoms with Crippen LogP contribution in [0.15, 0.2) is 9.59 Å². The van der Waals surface area contributed by atoms with Crippen LogP contribution in [0.3, 0.4) is 0 Å². The second kappa shape index (κ2) is 4.56. The molecule has 0 amide bonds. The van der Waals surface area contributed by atoms with Gasteiger partial charge in [0.2, 0.25) is 0 Å². The fourth-order valence-corrected chi connectivity index (χ4v) is 2.15. The number of rotatable bonds is 3. The molecule has 0 aliphatic heterocycles. The number of nitrogens with zero attached hydrogens (tertiary/aromatic N) is 2. The molecule has 2 rings (SSSR count). The molecule has 0 spiro atoms. The van der Waals surface area contributed by atoms with E-state index in [1.54, 1.807) is 11.6 Å². The molecule has 18 heavy (non-hydrogen) atoms. The predicted molar refractivity (Wildman–Crippen MR) is 72.4 cm³/mol. The average molecular weight is 268 g/mol. The van der Waals surface area contributed by atoms with Crippen molar-refractivity contribution in [3.05, 3.63) is 25.6 Å². The molecule has 7 heteroatoms. The van der Waals surface area contributed by atoms with Crippen molar-refractivity contribution in [1.29, 1.82) is 0 Å². The van der Waals surface area contributed by atoms with Crippen LogP contribution in [0.1, 0.15) is 20.3 Å². The van der Waals surface area contributed by atoms with E-state index in [1.807, 2.05) is 0 Å². The molecule has 2 heterocycles. The van der Waals surface area contributed by atoms with Crippen molar-refractivity contribution in [2.45, 2.75) is 26.8 Å². The lowest BCUT2D eigenvalue weighted by Gasteiger charge is -2.06. The van der Waals surface area contributed by atoms with Crippen LogP contribution in [0.25, 0.3) is 11.2 Å². The standard InChI is InChI=1S/C11H16N4O2S/c1-6(2)4-5-15-7-8(12-11(15)18)14(3)10(17)13-9(7)16/h6H,4-5H2,1-3H3,(H,12,18)(H,13,16,17). The van der Waals surface area contributed by atoms with Gasteiger partial charge in [0.15, 0.2) is 10.3 Å². The minimum atomic E-state index is -0.445. The van der Waals surface area contributed by atoms with Crippen LogP contribution in [0, 0.1) is 10.7 Å². The van der Waals surface area contributed by atoms with Crippen molar-refractivity contribution >= 4 is 23.4 Å². The Balaban J connectivity index is 2.72. The number of imidazole rings is 1. The van der Waals surface area contributed by atoms with E-state index in [0.29, 0.717) is 28.4 Å². The number of nitrogens with one attached hydrogen (secondary N) is 2. The van der Waals surface area contributed by atoms with Gasteiger partial charge in [-0.1, -0.05) is 13.8 Å². The topological polar surface area (TPSA) is 75.6 Å². The molecule has 0 aromatic carbocycles. The minimum Gasteiger partial charge on any atom is -0.316 e. The van der Waals surface area contributed by atoms with Crippen LogP contribution in [-0.4, -0.2) is 19.1 Å². The molecular weight excluding hydrogens is 252 g/mol. The maximum Gasteiger partial charge on any atom is 0.329 e. The molecule has 2 aromatic heterocycles. The van der Waals surface area contributed by atoms with E-state index in [4.69, 9.17) is 12.2 Å². The third kappa shape index (κ3) is 2.05. The highest BCUT2D eigenvalue weighted by Crippen LogP contribution is 2.10. The summed E-state index contributed by atoms with van der Waals surface area (Å²) in [4.78, 5) is 28.6. The minimum absolute atomic E-state index is 0.399. The Kier molecular flexibility index (Phi) is 3.25. The van der Waals surface area contributed by atoms with Gasteiger partial charge in [-0.15, -0.1) is 0 Å². The van der Waals surface area contributed by atoms with Gasteiger partial charge >= 0.3 is 5.69 Å². The van der Waals surface area contributed by atoms with E-state index in [2.05, 4.69) is 23.8 Å². The average Bonchev–Trinajstić information content (AvgIpc) is 2.61. The van der Waals surface area contributed by atoms with Gasteiger partial charge in [0.25, 0.3) is 5.56 Å². The fraction of sp³-hybridized carbons (Fsp3) is 0.545. The summed E-state index contributed by atoms with van der Waals surface area (Å²) < 4.78 is 3.58. The third-order valence-corrected chi connectivity index (χ3v) is 3.29. The maximum atomic E-state index is 11.9. The van der Waals surface area contributed by atoms with Gasteiger partial charge < -0.3 is 9.55 Å². The van der Waals surface area contributed by atoms with Crippen LogP contribution in [0.5, 0.6) is 0 Å². The molecule has 0 unspecified atom stereocenters. The number of hydrogen-bond acceptors (Lipinski definition) is 3.